The van der Waals surface area contributed by atoms with E-state index < -0.39 is 11.9 Å². The van der Waals surface area contributed by atoms with Gasteiger partial charge in [0.15, 0.2) is 5.69 Å². The lowest BCUT2D eigenvalue weighted by atomic mass is 10.3. The third kappa shape index (κ3) is 1.40. The van der Waals surface area contributed by atoms with Gasteiger partial charge in [-0.05, 0) is 11.5 Å². The molecule has 1 aromatic rings. The Kier molecular flexibility index (Phi) is 2.34. The molecule has 1 rings (SSSR count). The summed E-state index contributed by atoms with van der Waals surface area (Å²) in [6.45, 7) is 0. The summed E-state index contributed by atoms with van der Waals surface area (Å²) in [4.78, 5) is 21.4. The number of carboxylic acids is 1. The van der Waals surface area contributed by atoms with Gasteiger partial charge in [0, 0.05) is 7.05 Å². The van der Waals surface area contributed by atoms with E-state index >= 15 is 0 Å². The number of hydrogen-bond acceptors (Lipinski definition) is 5. The minimum Gasteiger partial charge on any atom is -0.476 e. The number of carbonyl (C=O) groups is 2. The van der Waals surface area contributed by atoms with Crippen molar-refractivity contribution in [1.29, 1.82) is 0 Å². The first-order chi connectivity index (χ1) is 5.66. The largest absolute Gasteiger partial charge is 0.476 e. The second-order valence-corrected chi connectivity index (χ2v) is 2.59. The summed E-state index contributed by atoms with van der Waals surface area (Å²) in [5.74, 6) is -1.73. The van der Waals surface area contributed by atoms with Crippen LogP contribution in [0.4, 0.5) is 0 Å². The van der Waals surface area contributed by atoms with Gasteiger partial charge in [-0.1, -0.05) is 4.49 Å². The SMILES string of the molecule is CNC(=O)c1snnc1C(=O)O. The molecular weight excluding hydrogens is 182 g/mol. The molecule has 0 saturated heterocycles. The predicted octanol–water partition coefficient (Wildman–Crippen LogP) is -0.404. The molecule has 2 N–H and O–H groups in total. The topological polar surface area (TPSA) is 92.2 Å². The highest BCUT2D eigenvalue weighted by Crippen LogP contribution is 2.09. The molecule has 6 nitrogen and oxygen atoms in total. The second-order valence-electron chi connectivity index (χ2n) is 1.83. The van der Waals surface area contributed by atoms with Crippen LogP contribution in [0.5, 0.6) is 0 Å². The monoisotopic (exact) mass is 187 g/mol. The van der Waals surface area contributed by atoms with E-state index in [2.05, 4.69) is 14.9 Å². The third-order valence-electron chi connectivity index (χ3n) is 1.12. The molecule has 0 saturated carbocycles. The van der Waals surface area contributed by atoms with Crippen LogP contribution in [-0.2, 0) is 0 Å². The van der Waals surface area contributed by atoms with Crippen LogP contribution in [0.15, 0.2) is 0 Å². The molecular formula is C5H5N3O3S. The molecule has 0 aliphatic rings. The van der Waals surface area contributed by atoms with E-state index in [1.54, 1.807) is 0 Å². The molecule has 64 valence electrons. The number of aromatic nitrogens is 2. The van der Waals surface area contributed by atoms with Crippen molar-refractivity contribution in [2.75, 3.05) is 7.05 Å². The first kappa shape index (κ1) is 8.60. The molecule has 0 unspecified atom stereocenters. The molecule has 0 bridgehead atoms. The molecule has 0 aliphatic carbocycles. The second kappa shape index (κ2) is 3.26. The van der Waals surface area contributed by atoms with E-state index in [1.165, 1.54) is 7.05 Å². The Hall–Kier alpha value is -1.50. The Labute approximate surface area is 71.4 Å². The number of hydrogen-bond donors (Lipinski definition) is 2. The predicted molar refractivity (Wildman–Crippen MR) is 40.3 cm³/mol. The fourth-order valence-electron chi connectivity index (χ4n) is 0.593. The molecule has 12 heavy (non-hydrogen) atoms. The van der Waals surface area contributed by atoms with Crippen molar-refractivity contribution in [3.8, 4) is 0 Å². The van der Waals surface area contributed by atoms with Crippen molar-refractivity contribution >= 4 is 23.4 Å². The lowest BCUT2D eigenvalue weighted by molar-refractivity contribution is 0.0685. The normalized spacial score (nSPS) is 9.42. The van der Waals surface area contributed by atoms with E-state index in [9.17, 15) is 9.59 Å². The minimum absolute atomic E-state index is 0.0185. The van der Waals surface area contributed by atoms with Crippen molar-refractivity contribution in [1.82, 2.24) is 14.9 Å². The Balaban J connectivity index is 3.07. The van der Waals surface area contributed by atoms with Gasteiger partial charge in [0.05, 0.1) is 0 Å². The molecule has 0 aromatic carbocycles. The van der Waals surface area contributed by atoms with Gasteiger partial charge >= 0.3 is 5.97 Å². The van der Waals surface area contributed by atoms with Crippen molar-refractivity contribution in [2.24, 2.45) is 0 Å². The molecule has 0 atom stereocenters. The first-order valence-electron chi connectivity index (χ1n) is 2.94. The standard InChI is InChI=1S/C5H5N3O3S/c1-6-4(9)3-2(5(10)11)7-8-12-3/h1H3,(H,6,9)(H,10,11). The van der Waals surface area contributed by atoms with E-state index in [-0.39, 0.29) is 10.6 Å². The van der Waals surface area contributed by atoms with E-state index in [1.807, 2.05) is 0 Å². The summed E-state index contributed by atoms with van der Waals surface area (Å²) in [7, 11) is 1.41. The van der Waals surface area contributed by atoms with Crippen molar-refractivity contribution in [3.05, 3.63) is 10.6 Å². The van der Waals surface area contributed by atoms with Gasteiger partial charge in [-0.25, -0.2) is 4.79 Å². The van der Waals surface area contributed by atoms with Gasteiger partial charge in [-0.15, -0.1) is 5.10 Å². The minimum atomic E-state index is -1.25. The fourth-order valence-corrected chi connectivity index (χ4v) is 1.20. The van der Waals surface area contributed by atoms with Crippen LogP contribution < -0.4 is 5.32 Å². The van der Waals surface area contributed by atoms with Crippen LogP contribution in [0.25, 0.3) is 0 Å². The number of rotatable bonds is 2. The number of aromatic carboxylic acids is 1. The van der Waals surface area contributed by atoms with Gasteiger partial charge in [-0.3, -0.25) is 4.79 Å². The van der Waals surface area contributed by atoms with E-state index in [0.717, 1.165) is 11.5 Å². The van der Waals surface area contributed by atoms with Crippen LogP contribution in [0.3, 0.4) is 0 Å². The van der Waals surface area contributed by atoms with Crippen molar-refractivity contribution in [2.45, 2.75) is 0 Å². The maximum absolute atomic E-state index is 11.0. The highest BCUT2D eigenvalue weighted by atomic mass is 32.1. The zero-order chi connectivity index (χ0) is 9.14. The van der Waals surface area contributed by atoms with Gasteiger partial charge in [0.1, 0.15) is 4.88 Å². The number of amides is 1. The average Bonchev–Trinajstić information content (AvgIpc) is 2.50. The maximum Gasteiger partial charge on any atom is 0.358 e. The van der Waals surface area contributed by atoms with E-state index in [0.29, 0.717) is 0 Å². The zero-order valence-electron chi connectivity index (χ0n) is 6.07. The summed E-state index contributed by atoms with van der Waals surface area (Å²) < 4.78 is 3.36. The molecule has 0 radical (unpaired) electrons. The molecule has 0 aliphatic heterocycles. The third-order valence-corrected chi connectivity index (χ3v) is 1.85. The Morgan fingerprint density at radius 2 is 2.25 bits per heavy atom. The molecule has 1 aromatic heterocycles. The summed E-state index contributed by atoms with van der Waals surface area (Å²) in [6, 6.07) is 0. The highest BCUT2D eigenvalue weighted by molar-refractivity contribution is 7.08. The summed E-state index contributed by atoms with van der Waals surface area (Å²) in [6.07, 6.45) is 0. The lowest BCUT2D eigenvalue weighted by Gasteiger charge is -1.93. The lowest BCUT2D eigenvalue weighted by Crippen LogP contribution is -2.19. The fraction of sp³-hybridized carbons (Fsp3) is 0.200. The Morgan fingerprint density at radius 1 is 1.58 bits per heavy atom. The van der Waals surface area contributed by atoms with Gasteiger partial charge in [0.25, 0.3) is 5.91 Å². The number of carbonyl (C=O) groups excluding carboxylic acids is 1. The van der Waals surface area contributed by atoms with Crippen molar-refractivity contribution in [3.63, 3.8) is 0 Å². The van der Waals surface area contributed by atoms with Crippen molar-refractivity contribution < 1.29 is 14.7 Å². The van der Waals surface area contributed by atoms with Gasteiger partial charge < -0.3 is 10.4 Å². The summed E-state index contributed by atoms with van der Waals surface area (Å²) >= 11 is 0.757. The van der Waals surface area contributed by atoms with Crippen LogP contribution in [0.1, 0.15) is 20.2 Å². The Bertz CT molecular complexity index is 321. The summed E-state index contributed by atoms with van der Waals surface area (Å²) in [5.41, 5.74) is -0.306. The summed E-state index contributed by atoms with van der Waals surface area (Å²) in [5, 5.41) is 14.1. The molecule has 0 spiro atoms. The van der Waals surface area contributed by atoms with E-state index in [4.69, 9.17) is 5.11 Å². The first-order valence-corrected chi connectivity index (χ1v) is 3.72. The molecule has 1 amide bonds. The number of carboxylic acid groups (broad SMARTS) is 1. The van der Waals surface area contributed by atoms with Crippen LogP contribution in [0.2, 0.25) is 0 Å². The molecule has 7 heteroatoms. The smallest absolute Gasteiger partial charge is 0.358 e. The molecule has 0 fully saturated rings. The molecule has 1 heterocycles. The number of nitrogens with one attached hydrogen (secondary N) is 1. The highest BCUT2D eigenvalue weighted by Gasteiger charge is 2.20. The number of nitrogens with zero attached hydrogens (tertiary/aromatic N) is 2. The van der Waals surface area contributed by atoms with Crippen LogP contribution >= 0.6 is 11.5 Å². The van der Waals surface area contributed by atoms with Gasteiger partial charge in [-0.2, -0.15) is 0 Å². The zero-order valence-corrected chi connectivity index (χ0v) is 6.88. The van der Waals surface area contributed by atoms with Crippen LogP contribution in [-0.4, -0.2) is 33.6 Å². The van der Waals surface area contributed by atoms with Crippen LogP contribution in [0, 0.1) is 0 Å². The average molecular weight is 187 g/mol. The maximum atomic E-state index is 11.0. The quantitative estimate of drug-likeness (QED) is 0.657. The van der Waals surface area contributed by atoms with Gasteiger partial charge in [0.2, 0.25) is 0 Å². The Morgan fingerprint density at radius 3 is 2.75 bits per heavy atom.